The molecule has 5 aromatic rings. The van der Waals surface area contributed by atoms with Crippen LogP contribution in [0.2, 0.25) is 5.15 Å². The van der Waals surface area contributed by atoms with Gasteiger partial charge in [0.05, 0.1) is 40.6 Å². The summed E-state index contributed by atoms with van der Waals surface area (Å²) in [4.78, 5) is 52.2. The number of nitrogens with two attached hydrogens (primary N) is 1. The number of carbonyl (C=O) groups is 3. The van der Waals surface area contributed by atoms with Crippen LogP contribution in [-0.4, -0.2) is 69.0 Å². The number of anilines is 1. The summed E-state index contributed by atoms with van der Waals surface area (Å²) in [5, 5.41) is 0.0651. The molecule has 0 radical (unpaired) electrons. The first-order valence-corrected chi connectivity index (χ1v) is 14.8. The molecular weight excluding hydrogens is 614 g/mol. The lowest BCUT2D eigenvalue weighted by Crippen LogP contribution is -2.43. The standard InChI is InChI=1S/C33H26ClN5O7/c34-27-23-28(38-32(35)37-27)39(18-36-23)24-26-33(24,17-44-30(41)20-12-6-2-7-13-20)25(46-31(42)21-14-8-3-9-15-21)22(45-26)16-43-29(40)19-10-4-1-5-11-19/h1-15,18,22,24-26H,16-17H2,(H2,35,37,38)/t22-,24?,25?,26+,33?/m1/s1. The second-order valence-corrected chi connectivity index (χ2v) is 11.3. The Hall–Kier alpha value is -5.33. The van der Waals surface area contributed by atoms with E-state index < -0.39 is 47.7 Å². The number of hydrogen-bond acceptors (Lipinski definition) is 11. The summed E-state index contributed by atoms with van der Waals surface area (Å²) in [6, 6.07) is 24.9. The van der Waals surface area contributed by atoms with Gasteiger partial charge in [0.1, 0.15) is 30.9 Å². The normalized spacial score (nSPS) is 23.0. The Balaban J connectivity index is 1.25. The number of nitrogen functional groups attached to an aromatic ring is 1. The van der Waals surface area contributed by atoms with Crippen LogP contribution in [0, 0.1) is 5.41 Å². The average molecular weight is 640 g/mol. The van der Waals surface area contributed by atoms with Crippen molar-refractivity contribution in [3.8, 4) is 0 Å². The van der Waals surface area contributed by atoms with Gasteiger partial charge in [-0.25, -0.2) is 19.4 Å². The predicted octanol–water partition coefficient (Wildman–Crippen LogP) is 4.31. The molecular formula is C33H26ClN5O7. The molecule has 2 fully saturated rings. The lowest BCUT2D eigenvalue weighted by molar-refractivity contribution is -0.0679. The fourth-order valence-electron chi connectivity index (χ4n) is 6.03. The van der Waals surface area contributed by atoms with Gasteiger partial charge in [0, 0.05) is 0 Å². The van der Waals surface area contributed by atoms with Crippen molar-refractivity contribution in [3.63, 3.8) is 0 Å². The van der Waals surface area contributed by atoms with E-state index in [1.54, 1.807) is 95.6 Å². The summed E-state index contributed by atoms with van der Waals surface area (Å²) in [6.45, 7) is -0.441. The Morgan fingerprint density at radius 2 is 1.39 bits per heavy atom. The molecule has 1 aliphatic heterocycles. The smallest absolute Gasteiger partial charge is 0.338 e. The van der Waals surface area contributed by atoms with Crippen molar-refractivity contribution < 1.29 is 33.3 Å². The van der Waals surface area contributed by atoms with Gasteiger partial charge >= 0.3 is 17.9 Å². The topological polar surface area (TPSA) is 158 Å². The Morgan fingerprint density at radius 1 is 0.826 bits per heavy atom. The van der Waals surface area contributed by atoms with E-state index in [0.29, 0.717) is 27.9 Å². The van der Waals surface area contributed by atoms with Gasteiger partial charge in [-0.3, -0.25) is 0 Å². The van der Waals surface area contributed by atoms with Gasteiger partial charge in [-0.1, -0.05) is 66.2 Å². The van der Waals surface area contributed by atoms with E-state index in [-0.39, 0.29) is 24.3 Å². The third-order valence-electron chi connectivity index (χ3n) is 8.24. The Labute approximate surface area is 267 Å². The zero-order valence-corrected chi connectivity index (χ0v) is 24.8. The summed E-state index contributed by atoms with van der Waals surface area (Å²) >= 11 is 6.31. The fourth-order valence-corrected chi connectivity index (χ4v) is 6.25. The molecule has 12 nitrogen and oxygen atoms in total. The van der Waals surface area contributed by atoms with E-state index in [1.165, 1.54) is 6.33 Å². The van der Waals surface area contributed by atoms with E-state index in [9.17, 15) is 14.4 Å². The number of esters is 3. The molecule has 232 valence electrons. The van der Waals surface area contributed by atoms with Gasteiger partial charge in [-0.15, -0.1) is 0 Å². The average Bonchev–Trinajstić information content (AvgIpc) is 3.33. The van der Waals surface area contributed by atoms with E-state index in [2.05, 4.69) is 15.0 Å². The van der Waals surface area contributed by atoms with E-state index in [1.807, 2.05) is 0 Å². The summed E-state index contributed by atoms with van der Waals surface area (Å²) in [6.07, 6.45) is -1.08. The van der Waals surface area contributed by atoms with Crippen molar-refractivity contribution in [2.45, 2.75) is 24.4 Å². The molecule has 3 aromatic carbocycles. The fraction of sp³-hybridized carbons (Fsp3) is 0.212. The van der Waals surface area contributed by atoms with Gasteiger partial charge in [0.2, 0.25) is 5.95 Å². The summed E-state index contributed by atoms with van der Waals surface area (Å²) < 4.78 is 25.8. The molecule has 2 aliphatic rings. The highest BCUT2D eigenvalue weighted by Crippen LogP contribution is 2.67. The molecule has 13 heteroatoms. The Morgan fingerprint density at radius 3 is 2.00 bits per heavy atom. The third kappa shape index (κ3) is 5.21. The van der Waals surface area contributed by atoms with Crippen LogP contribution in [0.5, 0.6) is 0 Å². The lowest BCUT2D eigenvalue weighted by atomic mass is 9.95. The lowest BCUT2D eigenvalue weighted by Gasteiger charge is -2.29. The molecule has 1 saturated carbocycles. The van der Waals surface area contributed by atoms with E-state index in [0.717, 1.165) is 0 Å². The number of aromatic nitrogens is 4. The van der Waals surface area contributed by atoms with Crippen molar-refractivity contribution >= 4 is 46.6 Å². The number of ether oxygens (including phenoxy) is 4. The molecule has 7 rings (SSSR count). The first-order valence-electron chi connectivity index (χ1n) is 14.4. The maximum atomic E-state index is 13.5. The first-order chi connectivity index (χ1) is 22.4. The third-order valence-corrected chi connectivity index (χ3v) is 8.50. The Kier molecular flexibility index (Phi) is 7.59. The molecule has 1 saturated heterocycles. The highest BCUT2D eigenvalue weighted by Gasteiger charge is 2.80. The second kappa shape index (κ2) is 11.9. The van der Waals surface area contributed by atoms with E-state index in [4.69, 9.17) is 36.3 Å². The second-order valence-electron chi connectivity index (χ2n) is 10.9. The minimum atomic E-state index is -1.13. The van der Waals surface area contributed by atoms with Crippen molar-refractivity contribution in [2.75, 3.05) is 18.9 Å². The largest absolute Gasteiger partial charge is 0.461 e. The van der Waals surface area contributed by atoms with Crippen LogP contribution in [0.3, 0.4) is 0 Å². The highest BCUT2D eigenvalue weighted by molar-refractivity contribution is 6.33. The first kappa shape index (κ1) is 29.4. The maximum Gasteiger partial charge on any atom is 0.338 e. The molecule has 1 aliphatic carbocycles. The number of imidazole rings is 1. The van der Waals surface area contributed by atoms with Gasteiger partial charge in [0.25, 0.3) is 0 Å². The van der Waals surface area contributed by atoms with Crippen molar-refractivity contribution in [3.05, 3.63) is 119 Å². The van der Waals surface area contributed by atoms with Crippen LogP contribution in [-0.2, 0) is 18.9 Å². The van der Waals surface area contributed by atoms with Crippen LogP contribution < -0.4 is 5.73 Å². The molecule has 0 amide bonds. The molecule has 0 bridgehead atoms. The summed E-state index contributed by atoms with van der Waals surface area (Å²) in [7, 11) is 0. The number of fused-ring (bicyclic) bond motifs is 2. The van der Waals surface area contributed by atoms with Gasteiger partial charge in [-0.05, 0) is 36.4 Å². The number of nitrogens with zero attached hydrogens (tertiary/aromatic N) is 4. The molecule has 2 N–H and O–H groups in total. The van der Waals surface area contributed by atoms with Crippen LogP contribution in [0.25, 0.3) is 11.2 Å². The Bertz CT molecular complexity index is 1920. The molecule has 2 aromatic heterocycles. The summed E-state index contributed by atoms with van der Waals surface area (Å²) in [5.41, 5.74) is 6.43. The number of rotatable bonds is 9. The number of benzene rings is 3. The quantitative estimate of drug-likeness (QED) is 0.139. The number of hydrogen-bond donors (Lipinski definition) is 1. The minimum absolute atomic E-state index is 0.0618. The zero-order chi connectivity index (χ0) is 31.8. The molecule has 3 unspecified atom stereocenters. The van der Waals surface area contributed by atoms with Crippen LogP contribution in [0.4, 0.5) is 5.95 Å². The molecule has 0 spiro atoms. The number of halogens is 1. The molecule has 5 atom stereocenters. The van der Waals surface area contributed by atoms with Crippen molar-refractivity contribution in [1.82, 2.24) is 19.5 Å². The maximum absolute atomic E-state index is 13.5. The molecule has 46 heavy (non-hydrogen) atoms. The predicted molar refractivity (Wildman–Crippen MR) is 164 cm³/mol. The highest BCUT2D eigenvalue weighted by atomic mass is 35.5. The number of carbonyl (C=O) groups excluding carboxylic acids is 3. The van der Waals surface area contributed by atoms with Crippen LogP contribution >= 0.6 is 11.6 Å². The van der Waals surface area contributed by atoms with Crippen LogP contribution in [0.1, 0.15) is 37.1 Å². The SMILES string of the molecule is Nc1nc(Cl)c2ncn(C3[C@@H]4O[C@H](COC(=O)c5ccccc5)C(OC(=O)c5ccccc5)C34COC(=O)c3ccccc3)c2n1. The van der Waals surface area contributed by atoms with E-state index >= 15 is 0 Å². The van der Waals surface area contributed by atoms with Crippen molar-refractivity contribution in [2.24, 2.45) is 5.41 Å². The van der Waals surface area contributed by atoms with Crippen molar-refractivity contribution in [1.29, 1.82) is 0 Å². The summed E-state index contributed by atoms with van der Waals surface area (Å²) in [5.74, 6) is -1.83. The zero-order valence-electron chi connectivity index (χ0n) is 24.1. The van der Waals surface area contributed by atoms with Gasteiger partial charge in [0.15, 0.2) is 10.8 Å². The van der Waals surface area contributed by atoms with Crippen LogP contribution in [0.15, 0.2) is 97.3 Å². The molecule has 3 heterocycles. The minimum Gasteiger partial charge on any atom is -0.461 e. The van der Waals surface area contributed by atoms with Gasteiger partial charge < -0.3 is 29.2 Å². The van der Waals surface area contributed by atoms with Gasteiger partial charge in [-0.2, -0.15) is 9.97 Å². The monoisotopic (exact) mass is 639 g/mol.